The van der Waals surface area contributed by atoms with Crippen LogP contribution in [0.25, 0.3) is 27.6 Å². The fraction of sp³-hybridized carbons (Fsp3) is 0.111. The minimum Gasteiger partial charge on any atom is -0.275 e. The minimum atomic E-state index is -3.74. The van der Waals surface area contributed by atoms with Crippen LogP contribution in [0.3, 0.4) is 0 Å². The zero-order valence-corrected chi connectivity index (χ0v) is 20.5. The van der Waals surface area contributed by atoms with Gasteiger partial charge in [0, 0.05) is 47.0 Å². The number of fused-ring (bicyclic) bond motifs is 1. The van der Waals surface area contributed by atoms with Crippen molar-refractivity contribution in [3.8, 4) is 11.3 Å². The zero-order valence-electron chi connectivity index (χ0n) is 19.0. The van der Waals surface area contributed by atoms with Crippen molar-refractivity contribution in [1.29, 1.82) is 0 Å². The maximum Gasteiger partial charge on any atom is 0.241 e. The number of allylic oxidation sites excluding steroid dienone is 4. The second kappa shape index (κ2) is 9.62. The van der Waals surface area contributed by atoms with E-state index < -0.39 is 16.1 Å². The number of benzene rings is 2. The first kappa shape index (κ1) is 23.2. The smallest absolute Gasteiger partial charge is 0.241 e. The summed E-state index contributed by atoms with van der Waals surface area (Å²) in [5.74, 6) is 0. The average Bonchev–Trinajstić information content (AvgIpc) is 3.29. The summed E-state index contributed by atoms with van der Waals surface area (Å²) in [5, 5.41) is 6.96. The summed E-state index contributed by atoms with van der Waals surface area (Å²) in [7, 11) is -1.90. The van der Waals surface area contributed by atoms with Crippen molar-refractivity contribution in [3.05, 3.63) is 108 Å². The highest BCUT2D eigenvalue weighted by Gasteiger charge is 2.20. The Hall–Kier alpha value is -3.52. The maximum absolute atomic E-state index is 13.1. The molecule has 8 heteroatoms. The van der Waals surface area contributed by atoms with Crippen LogP contribution in [0.4, 0.5) is 0 Å². The Morgan fingerprint density at radius 1 is 1.06 bits per heavy atom. The van der Waals surface area contributed by atoms with E-state index in [1.165, 1.54) is 0 Å². The van der Waals surface area contributed by atoms with Gasteiger partial charge in [-0.25, -0.2) is 13.1 Å². The van der Waals surface area contributed by atoms with E-state index >= 15 is 0 Å². The lowest BCUT2D eigenvalue weighted by atomic mass is 10.00. The molecule has 1 aliphatic carbocycles. The molecule has 5 rings (SSSR count). The van der Waals surface area contributed by atoms with Gasteiger partial charge in [-0.2, -0.15) is 5.10 Å². The molecule has 0 bridgehead atoms. The summed E-state index contributed by atoms with van der Waals surface area (Å²) in [5.41, 5.74) is 3.18. The normalized spacial score (nSPS) is 20.3. The van der Waals surface area contributed by atoms with Gasteiger partial charge in [0.25, 0.3) is 0 Å². The van der Waals surface area contributed by atoms with Crippen LogP contribution in [0.15, 0.2) is 107 Å². The number of aromatic nitrogens is 3. The van der Waals surface area contributed by atoms with Crippen LogP contribution >= 0.6 is 11.6 Å². The van der Waals surface area contributed by atoms with E-state index in [-0.39, 0.29) is 4.90 Å². The molecule has 2 aromatic heterocycles. The SMILES string of the molecule is Cn1ccc(-c2ccc(S(=O)(=O)NC3/C=C/C=C(Cl)\C(c4nccc5ccccc45)=C/C3)cc2)n1. The summed E-state index contributed by atoms with van der Waals surface area (Å²) in [4.78, 5) is 4.77. The van der Waals surface area contributed by atoms with Crippen LogP contribution in [0.5, 0.6) is 0 Å². The van der Waals surface area contributed by atoms with E-state index in [1.54, 1.807) is 53.4 Å². The van der Waals surface area contributed by atoms with E-state index in [0.29, 0.717) is 11.5 Å². The molecule has 0 saturated heterocycles. The first-order valence-electron chi connectivity index (χ1n) is 11.1. The maximum atomic E-state index is 13.1. The number of aryl methyl sites for hydroxylation is 1. The average molecular weight is 503 g/mol. The topological polar surface area (TPSA) is 76.9 Å². The Balaban J connectivity index is 1.39. The molecule has 0 saturated carbocycles. The largest absolute Gasteiger partial charge is 0.275 e. The first-order chi connectivity index (χ1) is 16.9. The van der Waals surface area contributed by atoms with Crippen LogP contribution in [0.1, 0.15) is 12.1 Å². The highest BCUT2D eigenvalue weighted by molar-refractivity contribution is 7.89. The number of hydrogen-bond acceptors (Lipinski definition) is 4. The summed E-state index contributed by atoms with van der Waals surface area (Å²) in [6.07, 6.45) is 11.3. The molecule has 6 nitrogen and oxygen atoms in total. The van der Waals surface area contributed by atoms with Gasteiger partial charge < -0.3 is 0 Å². The second-order valence-electron chi connectivity index (χ2n) is 8.26. The van der Waals surface area contributed by atoms with E-state index in [1.807, 2.05) is 55.7 Å². The molecule has 0 radical (unpaired) electrons. The molecular weight excluding hydrogens is 480 g/mol. The molecular formula is C27H23ClN4O2S. The number of nitrogens with one attached hydrogen (secondary N) is 1. The Morgan fingerprint density at radius 2 is 1.86 bits per heavy atom. The predicted molar refractivity (Wildman–Crippen MR) is 140 cm³/mol. The van der Waals surface area contributed by atoms with Gasteiger partial charge in [-0.1, -0.05) is 66.2 Å². The van der Waals surface area contributed by atoms with Crippen LogP contribution in [0, 0.1) is 0 Å². The van der Waals surface area contributed by atoms with Crippen molar-refractivity contribution in [1.82, 2.24) is 19.5 Å². The summed E-state index contributed by atoms with van der Waals surface area (Å²) in [6.45, 7) is 0. The van der Waals surface area contributed by atoms with Gasteiger partial charge in [0.05, 0.1) is 16.3 Å². The summed E-state index contributed by atoms with van der Waals surface area (Å²) in [6, 6.07) is 18.1. The predicted octanol–water partition coefficient (Wildman–Crippen LogP) is 5.45. The molecule has 0 spiro atoms. The quantitative estimate of drug-likeness (QED) is 0.394. The van der Waals surface area contributed by atoms with Crippen LogP contribution < -0.4 is 4.72 Å². The first-order valence-corrected chi connectivity index (χ1v) is 13.0. The fourth-order valence-electron chi connectivity index (χ4n) is 4.06. The lowest BCUT2D eigenvalue weighted by Crippen LogP contribution is -2.33. The third-order valence-corrected chi connectivity index (χ3v) is 7.66. The molecule has 4 aromatic rings. The van der Waals surface area contributed by atoms with Crippen LogP contribution in [-0.4, -0.2) is 29.2 Å². The summed E-state index contributed by atoms with van der Waals surface area (Å²) < 4.78 is 30.7. The molecule has 176 valence electrons. The van der Waals surface area contributed by atoms with Gasteiger partial charge in [-0.05, 0) is 42.1 Å². The van der Waals surface area contributed by atoms with Crippen molar-refractivity contribution < 1.29 is 8.42 Å². The minimum absolute atomic E-state index is 0.195. The molecule has 1 unspecified atom stereocenters. The monoisotopic (exact) mass is 502 g/mol. The molecule has 0 aliphatic heterocycles. The molecule has 2 aromatic carbocycles. The van der Waals surface area contributed by atoms with Gasteiger partial charge >= 0.3 is 0 Å². The van der Waals surface area contributed by atoms with Gasteiger partial charge in [0.1, 0.15) is 0 Å². The van der Waals surface area contributed by atoms with Gasteiger partial charge in [0.15, 0.2) is 0 Å². The number of rotatable bonds is 5. The number of sulfonamides is 1. The Labute approximate surface area is 209 Å². The van der Waals surface area contributed by atoms with Crippen LogP contribution in [0.2, 0.25) is 0 Å². The molecule has 1 atom stereocenters. The molecule has 2 heterocycles. The number of pyridine rings is 1. The van der Waals surface area contributed by atoms with Crippen LogP contribution in [-0.2, 0) is 17.1 Å². The Bertz CT molecular complexity index is 1580. The third-order valence-electron chi connectivity index (χ3n) is 5.83. The van der Waals surface area contributed by atoms with E-state index in [2.05, 4.69) is 14.8 Å². The van der Waals surface area contributed by atoms with Gasteiger partial charge in [-0.3, -0.25) is 9.67 Å². The van der Waals surface area contributed by atoms with Gasteiger partial charge in [-0.15, -0.1) is 0 Å². The van der Waals surface area contributed by atoms with Crippen molar-refractivity contribution in [2.75, 3.05) is 0 Å². The molecule has 35 heavy (non-hydrogen) atoms. The summed E-state index contributed by atoms with van der Waals surface area (Å²) >= 11 is 6.59. The standard InChI is InChI=1S/C27H23ClN4O2S/c1-32-18-16-26(30-32)20-9-12-22(13-10-20)35(33,34)31-21-6-4-8-25(28)24(14-11-21)27-23-7-3-2-5-19(23)15-17-29-27/h2-10,12-18,21,31H,11H2,1H3/b6-4+,24-14+,25-8+. The van der Waals surface area contributed by atoms with E-state index in [4.69, 9.17) is 11.6 Å². The van der Waals surface area contributed by atoms with Crippen molar-refractivity contribution in [2.45, 2.75) is 17.4 Å². The van der Waals surface area contributed by atoms with E-state index in [0.717, 1.165) is 33.3 Å². The molecule has 0 fully saturated rings. The number of hydrogen-bond donors (Lipinski definition) is 1. The number of halogens is 1. The molecule has 1 N–H and O–H groups in total. The lowest BCUT2D eigenvalue weighted by molar-refractivity contribution is 0.571. The molecule has 1 aliphatic rings. The Kier molecular flexibility index (Phi) is 6.38. The van der Waals surface area contributed by atoms with Crippen molar-refractivity contribution in [3.63, 3.8) is 0 Å². The lowest BCUT2D eigenvalue weighted by Gasteiger charge is -2.17. The highest BCUT2D eigenvalue weighted by Crippen LogP contribution is 2.32. The highest BCUT2D eigenvalue weighted by atomic mass is 35.5. The third kappa shape index (κ3) is 4.98. The Morgan fingerprint density at radius 3 is 2.63 bits per heavy atom. The van der Waals surface area contributed by atoms with Crippen molar-refractivity contribution >= 4 is 38.0 Å². The van der Waals surface area contributed by atoms with Gasteiger partial charge in [0.2, 0.25) is 10.0 Å². The van der Waals surface area contributed by atoms with Crippen molar-refractivity contribution in [2.24, 2.45) is 7.05 Å². The van der Waals surface area contributed by atoms with E-state index in [9.17, 15) is 8.42 Å². The second-order valence-corrected chi connectivity index (χ2v) is 10.4. The zero-order chi connectivity index (χ0) is 24.4. The molecule has 0 amide bonds. The fourth-order valence-corrected chi connectivity index (χ4v) is 5.50. The number of nitrogens with zero attached hydrogens (tertiary/aromatic N) is 3.